The second-order valence-electron chi connectivity index (χ2n) is 5.63. The minimum atomic E-state index is 0.723. The molecule has 0 saturated heterocycles. The maximum absolute atomic E-state index is 5.99. The van der Waals surface area contributed by atoms with Gasteiger partial charge in [0.1, 0.15) is 17.7 Å². The van der Waals surface area contributed by atoms with Gasteiger partial charge in [-0.25, -0.2) is 15.0 Å². The van der Waals surface area contributed by atoms with Crippen LogP contribution in [0.5, 0.6) is 0 Å². The summed E-state index contributed by atoms with van der Waals surface area (Å²) in [6.45, 7) is 2.05. The lowest BCUT2D eigenvalue weighted by Crippen LogP contribution is -1.93. The van der Waals surface area contributed by atoms with Gasteiger partial charge in [0, 0.05) is 23.6 Å². The predicted octanol–water partition coefficient (Wildman–Crippen LogP) is 4.15. The Kier molecular flexibility index (Phi) is 3.93. The van der Waals surface area contributed by atoms with E-state index in [0.29, 0.717) is 0 Å². The standard InChI is InChI=1S/C20H13ClN4/c1-14-8-17(16-3-5-18(21)6-4-16)12-25-19(11-24-20(14)25)7-2-15-9-22-13-23-10-15/h3-6,8-13H,1H3. The average Bonchev–Trinajstić information content (AvgIpc) is 3.05. The molecule has 25 heavy (non-hydrogen) atoms. The van der Waals surface area contributed by atoms with Gasteiger partial charge >= 0.3 is 0 Å². The minimum Gasteiger partial charge on any atom is -0.292 e. The van der Waals surface area contributed by atoms with Gasteiger partial charge in [-0.05, 0) is 47.7 Å². The number of nitrogens with zero attached hydrogens (tertiary/aromatic N) is 4. The van der Waals surface area contributed by atoms with Crippen molar-refractivity contribution in [2.24, 2.45) is 0 Å². The number of halogens is 1. The normalized spacial score (nSPS) is 10.5. The molecule has 5 heteroatoms. The van der Waals surface area contributed by atoms with E-state index in [0.717, 1.165) is 38.6 Å². The highest BCUT2D eigenvalue weighted by atomic mass is 35.5. The first-order chi connectivity index (χ1) is 12.2. The third-order valence-electron chi connectivity index (χ3n) is 3.86. The molecule has 3 heterocycles. The molecule has 0 unspecified atom stereocenters. The van der Waals surface area contributed by atoms with Crippen LogP contribution in [0.2, 0.25) is 5.02 Å². The third-order valence-corrected chi connectivity index (χ3v) is 4.11. The molecule has 0 amide bonds. The SMILES string of the molecule is Cc1cc(-c2ccc(Cl)cc2)cn2c(C#Cc3cncnc3)cnc12. The van der Waals surface area contributed by atoms with E-state index >= 15 is 0 Å². The molecule has 3 aromatic heterocycles. The molecular formula is C20H13ClN4. The molecule has 0 N–H and O–H groups in total. The third kappa shape index (κ3) is 3.10. The van der Waals surface area contributed by atoms with E-state index in [1.807, 2.05) is 41.8 Å². The molecule has 0 aliphatic carbocycles. The van der Waals surface area contributed by atoms with Crippen LogP contribution < -0.4 is 0 Å². The van der Waals surface area contributed by atoms with E-state index in [2.05, 4.69) is 32.9 Å². The molecule has 0 radical (unpaired) electrons. The van der Waals surface area contributed by atoms with Crippen LogP contribution in [0, 0.1) is 18.8 Å². The van der Waals surface area contributed by atoms with Crippen molar-refractivity contribution in [2.45, 2.75) is 6.92 Å². The van der Waals surface area contributed by atoms with E-state index in [1.54, 1.807) is 18.6 Å². The zero-order chi connectivity index (χ0) is 17.2. The Morgan fingerprint density at radius 1 is 0.960 bits per heavy atom. The van der Waals surface area contributed by atoms with E-state index in [-0.39, 0.29) is 0 Å². The smallest absolute Gasteiger partial charge is 0.140 e. The first-order valence-electron chi connectivity index (χ1n) is 7.71. The fourth-order valence-electron chi connectivity index (χ4n) is 2.65. The summed E-state index contributed by atoms with van der Waals surface area (Å²) in [5, 5.41) is 0.723. The largest absolute Gasteiger partial charge is 0.292 e. The van der Waals surface area contributed by atoms with Crippen molar-refractivity contribution in [1.29, 1.82) is 0 Å². The lowest BCUT2D eigenvalue weighted by molar-refractivity contribution is 1.14. The van der Waals surface area contributed by atoms with Crippen molar-refractivity contribution in [2.75, 3.05) is 0 Å². The number of aromatic nitrogens is 4. The number of imidazole rings is 1. The molecule has 4 nitrogen and oxygen atoms in total. The molecule has 0 saturated carbocycles. The highest BCUT2D eigenvalue weighted by molar-refractivity contribution is 6.30. The Bertz CT molecular complexity index is 1100. The monoisotopic (exact) mass is 344 g/mol. The molecule has 0 spiro atoms. The van der Waals surface area contributed by atoms with Crippen molar-refractivity contribution in [3.8, 4) is 23.0 Å². The Balaban J connectivity index is 1.82. The summed E-state index contributed by atoms with van der Waals surface area (Å²) < 4.78 is 2.01. The molecular weight excluding hydrogens is 332 g/mol. The van der Waals surface area contributed by atoms with E-state index < -0.39 is 0 Å². The zero-order valence-electron chi connectivity index (χ0n) is 13.4. The summed E-state index contributed by atoms with van der Waals surface area (Å²) in [6.07, 6.45) is 8.69. The summed E-state index contributed by atoms with van der Waals surface area (Å²) in [5.74, 6) is 6.22. The van der Waals surface area contributed by atoms with Gasteiger partial charge < -0.3 is 0 Å². The second-order valence-corrected chi connectivity index (χ2v) is 6.07. The zero-order valence-corrected chi connectivity index (χ0v) is 14.2. The summed E-state index contributed by atoms with van der Waals surface area (Å²) in [5.41, 5.74) is 5.75. The van der Waals surface area contributed by atoms with Gasteiger partial charge in [0.2, 0.25) is 0 Å². The number of pyridine rings is 1. The Hall–Kier alpha value is -3.16. The number of fused-ring (bicyclic) bond motifs is 1. The Labute approximate surface area is 150 Å². The van der Waals surface area contributed by atoms with E-state index in [9.17, 15) is 0 Å². The van der Waals surface area contributed by atoms with Crippen LogP contribution in [-0.4, -0.2) is 19.4 Å². The Morgan fingerprint density at radius 2 is 1.72 bits per heavy atom. The molecule has 0 fully saturated rings. The molecule has 1 aromatic carbocycles. The summed E-state index contributed by atoms with van der Waals surface area (Å²) >= 11 is 5.99. The van der Waals surface area contributed by atoms with Gasteiger partial charge in [-0.3, -0.25) is 4.40 Å². The minimum absolute atomic E-state index is 0.723. The number of hydrogen-bond donors (Lipinski definition) is 0. The van der Waals surface area contributed by atoms with Gasteiger partial charge in [-0.2, -0.15) is 0 Å². The first-order valence-corrected chi connectivity index (χ1v) is 8.09. The van der Waals surface area contributed by atoms with Crippen LogP contribution in [-0.2, 0) is 0 Å². The number of hydrogen-bond acceptors (Lipinski definition) is 3. The first kappa shape index (κ1) is 15.4. The fraction of sp³-hybridized carbons (Fsp3) is 0.0500. The number of aryl methyl sites for hydroxylation is 1. The van der Waals surface area contributed by atoms with Crippen LogP contribution in [0.1, 0.15) is 16.8 Å². The van der Waals surface area contributed by atoms with Crippen LogP contribution in [0.4, 0.5) is 0 Å². The molecule has 4 rings (SSSR count). The van der Waals surface area contributed by atoms with Crippen molar-refractivity contribution in [3.63, 3.8) is 0 Å². The van der Waals surface area contributed by atoms with Crippen LogP contribution in [0.3, 0.4) is 0 Å². The van der Waals surface area contributed by atoms with Crippen molar-refractivity contribution in [1.82, 2.24) is 19.4 Å². The van der Waals surface area contributed by atoms with Crippen LogP contribution >= 0.6 is 11.6 Å². The van der Waals surface area contributed by atoms with Crippen LogP contribution in [0.15, 0.2) is 61.4 Å². The fourth-order valence-corrected chi connectivity index (χ4v) is 2.78. The van der Waals surface area contributed by atoms with Gasteiger partial charge in [0.15, 0.2) is 0 Å². The molecule has 0 atom stereocenters. The van der Waals surface area contributed by atoms with E-state index in [4.69, 9.17) is 11.6 Å². The summed E-state index contributed by atoms with van der Waals surface area (Å²) in [7, 11) is 0. The second kappa shape index (κ2) is 6.39. The molecule has 120 valence electrons. The molecule has 0 aliphatic rings. The van der Waals surface area contributed by atoms with Gasteiger partial charge in [-0.15, -0.1) is 0 Å². The average molecular weight is 345 g/mol. The lowest BCUT2D eigenvalue weighted by Gasteiger charge is -2.06. The van der Waals surface area contributed by atoms with Gasteiger partial charge in [0.25, 0.3) is 0 Å². The topological polar surface area (TPSA) is 43.1 Å². The number of rotatable bonds is 1. The summed E-state index contributed by atoms with van der Waals surface area (Å²) in [4.78, 5) is 12.4. The number of benzene rings is 1. The summed E-state index contributed by atoms with van der Waals surface area (Å²) in [6, 6.07) is 9.91. The van der Waals surface area contributed by atoms with Crippen LogP contribution in [0.25, 0.3) is 16.8 Å². The Morgan fingerprint density at radius 3 is 2.48 bits per heavy atom. The van der Waals surface area contributed by atoms with Crippen molar-refractivity contribution in [3.05, 3.63) is 83.3 Å². The lowest BCUT2D eigenvalue weighted by atomic mass is 10.1. The highest BCUT2D eigenvalue weighted by Gasteiger charge is 2.07. The molecule has 4 aromatic rings. The molecule has 0 bridgehead atoms. The quantitative estimate of drug-likeness (QED) is 0.487. The molecule has 0 aliphatic heterocycles. The predicted molar refractivity (Wildman–Crippen MR) is 98.4 cm³/mol. The maximum Gasteiger partial charge on any atom is 0.140 e. The van der Waals surface area contributed by atoms with Crippen molar-refractivity contribution < 1.29 is 0 Å². The van der Waals surface area contributed by atoms with E-state index in [1.165, 1.54) is 6.33 Å². The maximum atomic E-state index is 5.99. The highest BCUT2D eigenvalue weighted by Crippen LogP contribution is 2.24. The van der Waals surface area contributed by atoms with Gasteiger partial charge in [0.05, 0.1) is 11.8 Å². The van der Waals surface area contributed by atoms with Gasteiger partial charge in [-0.1, -0.05) is 29.7 Å². The van der Waals surface area contributed by atoms with Crippen molar-refractivity contribution >= 4 is 17.2 Å².